The van der Waals surface area contributed by atoms with E-state index in [-0.39, 0.29) is 0 Å². The number of aryl methyl sites for hydroxylation is 1. The molecule has 0 spiro atoms. The van der Waals surface area contributed by atoms with Crippen LogP contribution in [0.25, 0.3) is 0 Å². The highest BCUT2D eigenvalue weighted by Crippen LogP contribution is 2.32. The first kappa shape index (κ1) is 16.1. The summed E-state index contributed by atoms with van der Waals surface area (Å²) in [5.41, 5.74) is 3.20. The van der Waals surface area contributed by atoms with Crippen molar-refractivity contribution in [1.29, 1.82) is 0 Å². The number of benzene rings is 1. The third-order valence-electron chi connectivity index (χ3n) is 3.75. The van der Waals surface area contributed by atoms with Crippen molar-refractivity contribution in [2.24, 2.45) is 4.99 Å². The molecule has 1 aromatic heterocycles. The van der Waals surface area contributed by atoms with Crippen LogP contribution in [0, 0.1) is 6.92 Å². The Morgan fingerprint density at radius 1 is 1.17 bits per heavy atom. The van der Waals surface area contributed by atoms with Gasteiger partial charge < -0.3 is 20.1 Å². The third kappa shape index (κ3) is 4.16. The van der Waals surface area contributed by atoms with Gasteiger partial charge >= 0.3 is 0 Å². The van der Waals surface area contributed by atoms with Crippen LogP contribution < -0.4 is 20.1 Å². The van der Waals surface area contributed by atoms with Crippen molar-refractivity contribution in [2.45, 2.75) is 19.9 Å². The quantitative estimate of drug-likeness (QED) is 0.650. The van der Waals surface area contributed by atoms with Crippen molar-refractivity contribution >= 4 is 5.96 Å². The fraction of sp³-hybridized carbons (Fsp3) is 0.333. The summed E-state index contributed by atoms with van der Waals surface area (Å²) < 4.78 is 10.7. The van der Waals surface area contributed by atoms with E-state index in [0.29, 0.717) is 13.3 Å². The second kappa shape index (κ2) is 7.68. The van der Waals surface area contributed by atoms with E-state index in [2.05, 4.69) is 26.7 Å². The van der Waals surface area contributed by atoms with Gasteiger partial charge in [0.25, 0.3) is 0 Å². The number of ether oxygens (including phenoxy) is 2. The van der Waals surface area contributed by atoms with Crippen LogP contribution in [0.3, 0.4) is 0 Å². The largest absolute Gasteiger partial charge is 0.454 e. The average molecular weight is 326 g/mol. The summed E-state index contributed by atoms with van der Waals surface area (Å²) in [5.74, 6) is 2.40. The number of rotatable bonds is 5. The fourth-order valence-corrected chi connectivity index (χ4v) is 2.51. The number of nitrogens with zero attached hydrogens (tertiary/aromatic N) is 2. The van der Waals surface area contributed by atoms with Crippen LogP contribution in [0.1, 0.15) is 17.0 Å². The van der Waals surface area contributed by atoms with Crippen LogP contribution in [0.15, 0.2) is 41.4 Å². The molecule has 0 fully saturated rings. The molecule has 126 valence electrons. The zero-order valence-corrected chi connectivity index (χ0v) is 14.0. The number of guanidine groups is 1. The summed E-state index contributed by atoms with van der Waals surface area (Å²) in [6.07, 6.45) is 0.875. The van der Waals surface area contributed by atoms with Gasteiger partial charge in [-0.05, 0) is 43.2 Å². The zero-order chi connectivity index (χ0) is 16.8. The van der Waals surface area contributed by atoms with Crippen molar-refractivity contribution < 1.29 is 9.47 Å². The molecule has 2 aromatic rings. The molecule has 0 unspecified atom stereocenters. The summed E-state index contributed by atoms with van der Waals surface area (Å²) in [6.45, 7) is 3.72. The first-order chi connectivity index (χ1) is 11.7. The molecule has 0 aliphatic carbocycles. The van der Waals surface area contributed by atoms with E-state index in [1.54, 1.807) is 7.05 Å². The molecule has 24 heavy (non-hydrogen) atoms. The predicted octanol–water partition coefficient (Wildman–Crippen LogP) is 2.03. The van der Waals surface area contributed by atoms with Gasteiger partial charge in [-0.25, -0.2) is 0 Å². The number of pyridine rings is 1. The van der Waals surface area contributed by atoms with Crippen LogP contribution in [-0.2, 0) is 13.0 Å². The SMILES string of the molecule is CN=C(NCCc1ccc2c(c1)OCO2)NCc1cccc(C)n1. The van der Waals surface area contributed by atoms with E-state index in [4.69, 9.17) is 9.47 Å². The Kier molecular flexibility index (Phi) is 5.15. The normalized spacial score (nSPS) is 13.0. The first-order valence-corrected chi connectivity index (χ1v) is 8.00. The highest BCUT2D eigenvalue weighted by Gasteiger charge is 2.12. The molecule has 6 heteroatoms. The maximum atomic E-state index is 5.40. The van der Waals surface area contributed by atoms with Gasteiger partial charge in [-0.1, -0.05) is 12.1 Å². The first-order valence-electron chi connectivity index (χ1n) is 8.00. The van der Waals surface area contributed by atoms with Crippen molar-refractivity contribution in [1.82, 2.24) is 15.6 Å². The minimum absolute atomic E-state index is 0.306. The van der Waals surface area contributed by atoms with E-state index in [0.717, 1.165) is 41.8 Å². The maximum Gasteiger partial charge on any atom is 0.231 e. The van der Waals surface area contributed by atoms with Gasteiger partial charge in [0.2, 0.25) is 6.79 Å². The molecule has 0 radical (unpaired) electrons. The van der Waals surface area contributed by atoms with Crippen LogP contribution >= 0.6 is 0 Å². The Morgan fingerprint density at radius 3 is 2.88 bits per heavy atom. The Balaban J connectivity index is 1.46. The monoisotopic (exact) mass is 326 g/mol. The van der Waals surface area contributed by atoms with Gasteiger partial charge in [0.1, 0.15) is 0 Å². The van der Waals surface area contributed by atoms with Crippen LogP contribution in [0.2, 0.25) is 0 Å². The third-order valence-corrected chi connectivity index (χ3v) is 3.75. The summed E-state index contributed by atoms with van der Waals surface area (Å²) >= 11 is 0. The van der Waals surface area contributed by atoms with E-state index in [9.17, 15) is 0 Å². The van der Waals surface area contributed by atoms with Crippen LogP contribution in [0.4, 0.5) is 0 Å². The molecule has 1 aromatic carbocycles. The van der Waals surface area contributed by atoms with Crippen LogP contribution in [-0.4, -0.2) is 31.3 Å². The highest BCUT2D eigenvalue weighted by atomic mass is 16.7. The van der Waals surface area contributed by atoms with Crippen molar-refractivity contribution in [3.8, 4) is 11.5 Å². The Labute approximate surface area is 141 Å². The van der Waals surface area contributed by atoms with E-state index >= 15 is 0 Å². The number of hydrogen-bond donors (Lipinski definition) is 2. The Hall–Kier alpha value is -2.76. The lowest BCUT2D eigenvalue weighted by Gasteiger charge is -2.12. The molecule has 2 N–H and O–H groups in total. The molecule has 6 nitrogen and oxygen atoms in total. The minimum atomic E-state index is 0.306. The molecule has 0 saturated heterocycles. The molecule has 0 bridgehead atoms. The smallest absolute Gasteiger partial charge is 0.231 e. The summed E-state index contributed by atoms with van der Waals surface area (Å²) in [7, 11) is 1.76. The second-order valence-corrected chi connectivity index (χ2v) is 5.56. The predicted molar refractivity (Wildman–Crippen MR) is 93.4 cm³/mol. The number of aliphatic imine (C=N–C) groups is 1. The van der Waals surface area contributed by atoms with Crippen molar-refractivity contribution in [3.05, 3.63) is 53.3 Å². The molecule has 0 atom stereocenters. The number of hydrogen-bond acceptors (Lipinski definition) is 4. The Morgan fingerprint density at radius 2 is 2.04 bits per heavy atom. The highest BCUT2D eigenvalue weighted by molar-refractivity contribution is 5.79. The lowest BCUT2D eigenvalue weighted by molar-refractivity contribution is 0.174. The second-order valence-electron chi connectivity index (χ2n) is 5.56. The molecule has 1 aliphatic rings. The van der Waals surface area contributed by atoms with E-state index in [1.165, 1.54) is 5.56 Å². The number of aromatic nitrogens is 1. The molecular formula is C18H22N4O2. The van der Waals surface area contributed by atoms with Gasteiger partial charge in [-0.2, -0.15) is 0 Å². The zero-order valence-electron chi connectivity index (χ0n) is 14.0. The van der Waals surface area contributed by atoms with E-state index in [1.807, 2.05) is 37.3 Å². The topological polar surface area (TPSA) is 67.8 Å². The molecule has 2 heterocycles. The molecule has 0 amide bonds. The van der Waals surface area contributed by atoms with Crippen molar-refractivity contribution in [3.63, 3.8) is 0 Å². The van der Waals surface area contributed by atoms with Gasteiger partial charge in [0.05, 0.1) is 12.2 Å². The van der Waals surface area contributed by atoms with Crippen molar-refractivity contribution in [2.75, 3.05) is 20.4 Å². The Bertz CT molecular complexity index is 731. The minimum Gasteiger partial charge on any atom is -0.454 e. The standard InChI is InChI=1S/C18H22N4O2/c1-13-4-3-5-15(22-13)11-21-18(19-2)20-9-8-14-6-7-16-17(10-14)24-12-23-16/h3-7,10H,8-9,11-12H2,1-2H3,(H2,19,20,21). The lowest BCUT2D eigenvalue weighted by Crippen LogP contribution is -2.38. The lowest BCUT2D eigenvalue weighted by atomic mass is 10.1. The summed E-state index contributed by atoms with van der Waals surface area (Å²) in [6, 6.07) is 12.0. The maximum absolute atomic E-state index is 5.40. The number of fused-ring (bicyclic) bond motifs is 1. The van der Waals surface area contributed by atoms with Gasteiger partial charge in [-0.3, -0.25) is 9.98 Å². The van der Waals surface area contributed by atoms with Gasteiger partial charge in [0.15, 0.2) is 17.5 Å². The van der Waals surface area contributed by atoms with Crippen LogP contribution in [0.5, 0.6) is 11.5 Å². The van der Waals surface area contributed by atoms with E-state index < -0.39 is 0 Å². The molecule has 1 aliphatic heterocycles. The molecular weight excluding hydrogens is 304 g/mol. The van der Waals surface area contributed by atoms with Gasteiger partial charge in [0, 0.05) is 19.3 Å². The summed E-state index contributed by atoms with van der Waals surface area (Å²) in [5, 5.41) is 6.58. The molecule has 3 rings (SSSR count). The van der Waals surface area contributed by atoms with Gasteiger partial charge in [-0.15, -0.1) is 0 Å². The average Bonchev–Trinajstić information content (AvgIpc) is 3.05. The fourth-order valence-electron chi connectivity index (χ4n) is 2.51. The summed E-state index contributed by atoms with van der Waals surface area (Å²) in [4.78, 5) is 8.71. The number of nitrogens with one attached hydrogen (secondary N) is 2. The molecule has 0 saturated carbocycles.